The molecule has 112 valence electrons. The second-order valence-corrected chi connectivity index (χ2v) is 4.87. The van der Waals surface area contributed by atoms with Crippen molar-refractivity contribution in [2.75, 3.05) is 5.32 Å². The smallest absolute Gasteiger partial charge is 0.406 e. The molecule has 0 bridgehead atoms. The fraction of sp³-hybridized carbons (Fsp3) is 0.200. The van der Waals surface area contributed by atoms with Crippen molar-refractivity contribution >= 4 is 17.3 Å². The molecule has 0 amide bonds. The highest BCUT2D eigenvalue weighted by molar-refractivity contribution is 6.31. The maximum Gasteiger partial charge on any atom is 0.573 e. The molecule has 2 rings (SSSR count). The molecular formula is C15H13ClF3NO. The molecule has 0 fully saturated rings. The van der Waals surface area contributed by atoms with Crippen LogP contribution in [0.1, 0.15) is 18.5 Å². The molecule has 0 aliphatic rings. The molecule has 0 aromatic heterocycles. The first-order chi connectivity index (χ1) is 9.85. The number of nitrogens with one attached hydrogen (secondary N) is 1. The average Bonchev–Trinajstić information content (AvgIpc) is 2.37. The third-order valence-corrected chi connectivity index (χ3v) is 3.17. The van der Waals surface area contributed by atoms with E-state index in [1.807, 2.05) is 25.1 Å². The van der Waals surface area contributed by atoms with E-state index in [9.17, 15) is 13.2 Å². The summed E-state index contributed by atoms with van der Waals surface area (Å²) in [4.78, 5) is 0. The Morgan fingerprint density at radius 3 is 2.48 bits per heavy atom. The van der Waals surface area contributed by atoms with Crippen molar-refractivity contribution < 1.29 is 17.9 Å². The minimum absolute atomic E-state index is 0.153. The summed E-state index contributed by atoms with van der Waals surface area (Å²) < 4.78 is 40.5. The van der Waals surface area contributed by atoms with Crippen molar-refractivity contribution in [3.05, 3.63) is 59.1 Å². The highest BCUT2D eigenvalue weighted by Gasteiger charge is 2.31. The molecule has 1 N–H and O–H groups in total. The van der Waals surface area contributed by atoms with Crippen LogP contribution in [0.25, 0.3) is 0 Å². The first-order valence-corrected chi connectivity index (χ1v) is 6.60. The van der Waals surface area contributed by atoms with E-state index in [1.165, 1.54) is 18.2 Å². The maximum absolute atomic E-state index is 12.2. The van der Waals surface area contributed by atoms with Crippen molar-refractivity contribution in [1.82, 2.24) is 0 Å². The van der Waals surface area contributed by atoms with E-state index in [4.69, 9.17) is 11.6 Å². The van der Waals surface area contributed by atoms with Crippen LogP contribution >= 0.6 is 11.6 Å². The molecule has 0 saturated heterocycles. The SMILES string of the molecule is CC(Nc1cccc(OC(F)(F)F)c1)c1ccccc1Cl. The van der Waals surface area contributed by atoms with Crippen molar-refractivity contribution in [3.63, 3.8) is 0 Å². The van der Waals surface area contributed by atoms with E-state index >= 15 is 0 Å². The monoisotopic (exact) mass is 315 g/mol. The normalized spacial score (nSPS) is 12.8. The third-order valence-electron chi connectivity index (χ3n) is 2.82. The van der Waals surface area contributed by atoms with Gasteiger partial charge in [-0.05, 0) is 30.7 Å². The van der Waals surface area contributed by atoms with Gasteiger partial charge in [0.1, 0.15) is 5.75 Å². The Labute approximate surface area is 125 Å². The fourth-order valence-corrected chi connectivity index (χ4v) is 2.24. The lowest BCUT2D eigenvalue weighted by atomic mass is 10.1. The predicted octanol–water partition coefficient (Wildman–Crippen LogP) is 5.41. The molecule has 0 radical (unpaired) electrons. The zero-order valence-corrected chi connectivity index (χ0v) is 11.9. The maximum atomic E-state index is 12.2. The molecule has 1 atom stereocenters. The van der Waals surface area contributed by atoms with Gasteiger partial charge >= 0.3 is 6.36 Å². The Balaban J connectivity index is 2.13. The molecule has 0 aliphatic heterocycles. The minimum Gasteiger partial charge on any atom is -0.406 e. The van der Waals surface area contributed by atoms with Gasteiger partial charge in [0.2, 0.25) is 0 Å². The van der Waals surface area contributed by atoms with Gasteiger partial charge in [0.05, 0.1) is 0 Å². The first kappa shape index (κ1) is 15.5. The highest BCUT2D eigenvalue weighted by atomic mass is 35.5. The van der Waals surface area contributed by atoms with Gasteiger partial charge in [-0.1, -0.05) is 35.9 Å². The number of rotatable bonds is 4. The zero-order chi connectivity index (χ0) is 15.5. The van der Waals surface area contributed by atoms with Gasteiger partial charge in [-0.15, -0.1) is 13.2 Å². The minimum atomic E-state index is -4.70. The second-order valence-electron chi connectivity index (χ2n) is 4.46. The van der Waals surface area contributed by atoms with Gasteiger partial charge in [-0.3, -0.25) is 0 Å². The number of benzene rings is 2. The lowest BCUT2D eigenvalue weighted by Gasteiger charge is -2.18. The topological polar surface area (TPSA) is 21.3 Å². The summed E-state index contributed by atoms with van der Waals surface area (Å²) in [7, 11) is 0. The lowest BCUT2D eigenvalue weighted by Crippen LogP contribution is -2.17. The first-order valence-electron chi connectivity index (χ1n) is 6.22. The number of hydrogen-bond donors (Lipinski definition) is 1. The van der Waals surface area contributed by atoms with Gasteiger partial charge in [0.15, 0.2) is 0 Å². The summed E-state index contributed by atoms with van der Waals surface area (Å²) in [5.74, 6) is -0.265. The number of hydrogen-bond acceptors (Lipinski definition) is 2. The molecule has 2 nitrogen and oxygen atoms in total. The molecule has 1 unspecified atom stereocenters. The van der Waals surface area contributed by atoms with Crippen LogP contribution in [-0.4, -0.2) is 6.36 Å². The van der Waals surface area contributed by atoms with E-state index in [0.717, 1.165) is 5.56 Å². The molecule has 0 saturated carbocycles. The predicted molar refractivity (Wildman–Crippen MR) is 76.6 cm³/mol. The summed E-state index contributed by atoms with van der Waals surface area (Å²) >= 11 is 6.09. The molecule has 6 heteroatoms. The molecule has 0 heterocycles. The standard InChI is InChI=1S/C15H13ClF3NO/c1-10(13-7-2-3-8-14(13)16)20-11-5-4-6-12(9-11)21-15(17,18)19/h2-10,20H,1H3. The van der Waals surface area contributed by atoms with Crippen LogP contribution in [0.15, 0.2) is 48.5 Å². The molecule has 2 aromatic rings. The Hall–Kier alpha value is -1.88. The van der Waals surface area contributed by atoms with Gasteiger partial charge < -0.3 is 10.1 Å². The highest BCUT2D eigenvalue weighted by Crippen LogP contribution is 2.29. The molecular weight excluding hydrogens is 303 g/mol. The summed E-state index contributed by atoms with van der Waals surface area (Å²) in [6.45, 7) is 1.87. The van der Waals surface area contributed by atoms with Crippen LogP contribution in [0, 0.1) is 0 Å². The van der Waals surface area contributed by atoms with E-state index in [0.29, 0.717) is 10.7 Å². The van der Waals surface area contributed by atoms with Crippen molar-refractivity contribution in [1.29, 1.82) is 0 Å². The van der Waals surface area contributed by atoms with E-state index in [1.54, 1.807) is 12.1 Å². The Morgan fingerprint density at radius 1 is 1.10 bits per heavy atom. The zero-order valence-electron chi connectivity index (χ0n) is 11.1. The van der Waals surface area contributed by atoms with Gasteiger partial charge in [0.25, 0.3) is 0 Å². The summed E-state index contributed by atoms with van der Waals surface area (Å²) in [6, 6.07) is 12.8. The van der Waals surface area contributed by atoms with Crippen molar-refractivity contribution in [3.8, 4) is 5.75 Å². The van der Waals surface area contributed by atoms with Crippen LogP contribution < -0.4 is 10.1 Å². The Morgan fingerprint density at radius 2 is 1.81 bits per heavy atom. The van der Waals surface area contributed by atoms with Crippen LogP contribution in [0.3, 0.4) is 0 Å². The summed E-state index contributed by atoms with van der Waals surface area (Å²) in [5, 5.41) is 3.69. The Bertz CT molecular complexity index is 616. The van der Waals surface area contributed by atoms with Gasteiger partial charge in [0, 0.05) is 22.8 Å². The van der Waals surface area contributed by atoms with E-state index < -0.39 is 6.36 Å². The van der Waals surface area contributed by atoms with Crippen LogP contribution in [0.2, 0.25) is 5.02 Å². The molecule has 2 aromatic carbocycles. The number of ether oxygens (including phenoxy) is 1. The second kappa shape index (κ2) is 6.26. The number of alkyl halides is 3. The average molecular weight is 316 g/mol. The van der Waals surface area contributed by atoms with E-state index in [-0.39, 0.29) is 11.8 Å². The van der Waals surface area contributed by atoms with Gasteiger partial charge in [-0.25, -0.2) is 0 Å². The lowest BCUT2D eigenvalue weighted by molar-refractivity contribution is -0.274. The molecule has 0 aliphatic carbocycles. The van der Waals surface area contributed by atoms with Crippen LogP contribution in [-0.2, 0) is 0 Å². The van der Waals surface area contributed by atoms with Crippen LogP contribution in [0.4, 0.5) is 18.9 Å². The molecule has 21 heavy (non-hydrogen) atoms. The fourth-order valence-electron chi connectivity index (χ4n) is 1.94. The third kappa shape index (κ3) is 4.56. The van der Waals surface area contributed by atoms with Crippen molar-refractivity contribution in [2.45, 2.75) is 19.3 Å². The summed E-state index contributed by atoms with van der Waals surface area (Å²) in [6.07, 6.45) is -4.70. The Kier molecular flexibility index (Phi) is 4.63. The van der Waals surface area contributed by atoms with Crippen LogP contribution in [0.5, 0.6) is 5.75 Å². The van der Waals surface area contributed by atoms with Crippen molar-refractivity contribution in [2.24, 2.45) is 0 Å². The quantitative estimate of drug-likeness (QED) is 0.814. The number of anilines is 1. The van der Waals surface area contributed by atoms with Gasteiger partial charge in [-0.2, -0.15) is 0 Å². The number of halogens is 4. The molecule has 0 spiro atoms. The largest absolute Gasteiger partial charge is 0.573 e. The summed E-state index contributed by atoms with van der Waals surface area (Å²) in [5.41, 5.74) is 1.38. The van der Waals surface area contributed by atoms with E-state index in [2.05, 4.69) is 10.1 Å².